The van der Waals surface area contributed by atoms with Crippen LogP contribution < -0.4 is 5.73 Å². The molecule has 1 aliphatic carbocycles. The van der Waals surface area contributed by atoms with E-state index in [9.17, 15) is 0 Å². The molecule has 0 aromatic carbocycles. The maximum Gasteiger partial charge on any atom is 0.0988 e. The van der Waals surface area contributed by atoms with Crippen LogP contribution in [0.5, 0.6) is 0 Å². The first-order valence-corrected chi connectivity index (χ1v) is 6.52. The van der Waals surface area contributed by atoms with Gasteiger partial charge in [-0.05, 0) is 36.7 Å². The summed E-state index contributed by atoms with van der Waals surface area (Å²) >= 11 is 0. The van der Waals surface area contributed by atoms with Gasteiger partial charge in [0.2, 0.25) is 0 Å². The van der Waals surface area contributed by atoms with Crippen LogP contribution in [-0.4, -0.2) is 6.04 Å². The third-order valence-electron chi connectivity index (χ3n) is 3.14. The highest BCUT2D eigenvalue weighted by molar-refractivity contribution is 5.41. The van der Waals surface area contributed by atoms with Gasteiger partial charge in [0.25, 0.3) is 0 Å². The van der Waals surface area contributed by atoms with Crippen LogP contribution in [0.4, 0.5) is 0 Å². The van der Waals surface area contributed by atoms with Crippen molar-refractivity contribution >= 4 is 0 Å². The van der Waals surface area contributed by atoms with E-state index in [4.69, 9.17) is 11.0 Å². The van der Waals surface area contributed by atoms with Gasteiger partial charge in [0.15, 0.2) is 0 Å². The van der Waals surface area contributed by atoms with Gasteiger partial charge in [-0.15, -0.1) is 0 Å². The van der Waals surface area contributed by atoms with Gasteiger partial charge in [-0.1, -0.05) is 39.3 Å². The Balaban J connectivity index is 2.88. The maximum atomic E-state index is 9.08. The Morgan fingerprint density at radius 3 is 2.41 bits per heavy atom. The minimum absolute atomic E-state index is 0.0944. The highest BCUT2D eigenvalue weighted by atomic mass is 14.7. The molecule has 0 bridgehead atoms. The first-order chi connectivity index (χ1) is 7.93. The number of hydrogen-bond donors (Lipinski definition) is 1. The molecule has 0 spiro atoms. The molecule has 0 fully saturated rings. The van der Waals surface area contributed by atoms with Crippen molar-refractivity contribution < 1.29 is 0 Å². The van der Waals surface area contributed by atoms with Gasteiger partial charge < -0.3 is 5.73 Å². The Labute approximate surface area is 105 Å². The molecule has 0 aromatic rings. The summed E-state index contributed by atoms with van der Waals surface area (Å²) < 4.78 is 0. The Morgan fingerprint density at radius 2 is 1.94 bits per heavy atom. The normalized spacial score (nSPS) is 24.6. The van der Waals surface area contributed by atoms with Gasteiger partial charge in [-0.3, -0.25) is 0 Å². The summed E-state index contributed by atoms with van der Waals surface area (Å²) in [4.78, 5) is 0. The van der Waals surface area contributed by atoms with Crippen LogP contribution in [0.1, 0.15) is 40.5 Å². The molecule has 2 unspecified atom stereocenters. The van der Waals surface area contributed by atoms with E-state index in [1.807, 2.05) is 6.08 Å². The molecule has 1 rings (SSSR count). The minimum Gasteiger partial charge on any atom is -0.324 e. The van der Waals surface area contributed by atoms with Crippen molar-refractivity contribution in [1.82, 2.24) is 0 Å². The third kappa shape index (κ3) is 4.02. The Bertz CT molecular complexity index is 356. The minimum atomic E-state index is 0.0944. The summed E-state index contributed by atoms with van der Waals surface area (Å²) in [6.07, 6.45) is 6.09. The summed E-state index contributed by atoms with van der Waals surface area (Å²) in [5.74, 6) is 1.52. The van der Waals surface area contributed by atoms with Gasteiger partial charge in [-0.2, -0.15) is 5.26 Å². The van der Waals surface area contributed by atoms with Crippen LogP contribution in [0.3, 0.4) is 0 Å². The van der Waals surface area contributed by atoms with E-state index in [1.54, 1.807) is 0 Å². The predicted octanol–water partition coefficient (Wildman–Crippen LogP) is 3.41. The lowest BCUT2D eigenvalue weighted by Gasteiger charge is -2.29. The molecule has 17 heavy (non-hydrogen) atoms. The van der Waals surface area contributed by atoms with Gasteiger partial charge in [0.1, 0.15) is 0 Å². The van der Waals surface area contributed by atoms with Crippen molar-refractivity contribution in [2.45, 2.75) is 46.6 Å². The topological polar surface area (TPSA) is 49.8 Å². The molecule has 0 saturated heterocycles. The average Bonchev–Trinajstić information content (AvgIpc) is 2.22. The van der Waals surface area contributed by atoms with Gasteiger partial charge in [-0.25, -0.2) is 0 Å². The molecule has 0 amide bonds. The molecule has 0 aliphatic heterocycles. The summed E-state index contributed by atoms with van der Waals surface area (Å²) in [6.45, 7) is 8.78. The fourth-order valence-corrected chi connectivity index (χ4v) is 2.45. The summed E-state index contributed by atoms with van der Waals surface area (Å²) in [6, 6.07) is 2.35. The molecule has 2 heteroatoms. The highest BCUT2D eigenvalue weighted by Gasteiger charge is 2.25. The summed E-state index contributed by atoms with van der Waals surface area (Å²) in [5.41, 5.74) is 8.34. The zero-order valence-corrected chi connectivity index (χ0v) is 11.4. The van der Waals surface area contributed by atoms with E-state index in [0.29, 0.717) is 17.8 Å². The van der Waals surface area contributed by atoms with Crippen LogP contribution in [-0.2, 0) is 0 Å². The van der Waals surface area contributed by atoms with E-state index in [1.165, 1.54) is 5.57 Å². The van der Waals surface area contributed by atoms with Gasteiger partial charge in [0, 0.05) is 11.6 Å². The predicted molar refractivity (Wildman–Crippen MR) is 72.2 cm³/mol. The van der Waals surface area contributed by atoms with Crippen molar-refractivity contribution in [2.75, 3.05) is 0 Å². The number of rotatable bonds is 4. The molecule has 94 valence electrons. The molecular weight excluding hydrogens is 208 g/mol. The highest BCUT2D eigenvalue weighted by Crippen LogP contribution is 2.30. The summed E-state index contributed by atoms with van der Waals surface area (Å²) in [5, 5.41) is 9.08. The van der Waals surface area contributed by atoms with Crippen molar-refractivity contribution in [3.05, 3.63) is 23.3 Å². The second-order valence-corrected chi connectivity index (χ2v) is 5.87. The van der Waals surface area contributed by atoms with E-state index in [-0.39, 0.29) is 6.04 Å². The van der Waals surface area contributed by atoms with E-state index < -0.39 is 0 Å². The van der Waals surface area contributed by atoms with Gasteiger partial charge in [0.05, 0.1) is 6.07 Å². The Morgan fingerprint density at radius 1 is 1.29 bits per heavy atom. The molecule has 0 saturated carbocycles. The first kappa shape index (κ1) is 14.0. The maximum absolute atomic E-state index is 9.08. The van der Waals surface area contributed by atoms with Crippen molar-refractivity contribution in [1.29, 1.82) is 5.26 Å². The zero-order valence-electron chi connectivity index (χ0n) is 11.4. The lowest BCUT2D eigenvalue weighted by atomic mass is 9.79. The van der Waals surface area contributed by atoms with Crippen LogP contribution in [0, 0.1) is 29.1 Å². The molecule has 2 N–H and O–H groups in total. The largest absolute Gasteiger partial charge is 0.324 e. The smallest absolute Gasteiger partial charge is 0.0988 e. The summed E-state index contributed by atoms with van der Waals surface area (Å²) in [7, 11) is 0. The van der Waals surface area contributed by atoms with E-state index in [2.05, 4.69) is 39.8 Å². The monoisotopic (exact) mass is 232 g/mol. The van der Waals surface area contributed by atoms with Crippen LogP contribution in [0.2, 0.25) is 0 Å². The van der Waals surface area contributed by atoms with Gasteiger partial charge >= 0.3 is 0 Å². The van der Waals surface area contributed by atoms with Crippen molar-refractivity contribution in [2.24, 2.45) is 23.5 Å². The lowest BCUT2D eigenvalue weighted by Crippen LogP contribution is -2.34. The van der Waals surface area contributed by atoms with E-state index >= 15 is 0 Å². The van der Waals surface area contributed by atoms with Crippen molar-refractivity contribution in [3.8, 4) is 6.07 Å². The number of nitriles is 1. The molecule has 2 nitrogen and oxygen atoms in total. The SMILES string of the molecule is CC(C)CC1=CC(C#N)=CC(CC(C)C)C1N. The number of nitrogens with zero attached hydrogens (tertiary/aromatic N) is 1. The molecular formula is C15H24N2. The molecule has 0 aromatic heterocycles. The number of allylic oxidation sites excluding steroid dienone is 2. The lowest BCUT2D eigenvalue weighted by molar-refractivity contribution is 0.417. The molecule has 2 atom stereocenters. The van der Waals surface area contributed by atoms with Crippen LogP contribution >= 0.6 is 0 Å². The molecule has 0 radical (unpaired) electrons. The number of nitrogens with two attached hydrogens (primary N) is 1. The molecule has 1 aliphatic rings. The first-order valence-electron chi connectivity index (χ1n) is 6.52. The van der Waals surface area contributed by atoms with Crippen LogP contribution in [0.25, 0.3) is 0 Å². The standard InChI is InChI=1S/C15H24N2/c1-10(2)5-13-7-12(9-16)8-14(15(13)17)6-11(3)4/h7-8,10-11,13,15H,5-6,17H2,1-4H3. The van der Waals surface area contributed by atoms with Crippen molar-refractivity contribution in [3.63, 3.8) is 0 Å². The van der Waals surface area contributed by atoms with E-state index in [0.717, 1.165) is 18.4 Å². The molecule has 0 heterocycles. The fourth-order valence-electron chi connectivity index (χ4n) is 2.45. The zero-order chi connectivity index (χ0) is 13.0. The Hall–Kier alpha value is -1.07. The average molecular weight is 232 g/mol. The number of hydrogen-bond acceptors (Lipinski definition) is 2. The second-order valence-electron chi connectivity index (χ2n) is 5.87. The Kier molecular flexibility index (Phi) is 4.96. The quantitative estimate of drug-likeness (QED) is 0.807. The van der Waals surface area contributed by atoms with Crippen LogP contribution in [0.15, 0.2) is 23.3 Å². The fraction of sp³-hybridized carbons (Fsp3) is 0.667. The second kappa shape index (κ2) is 6.02. The third-order valence-corrected chi connectivity index (χ3v) is 3.14.